The van der Waals surface area contributed by atoms with E-state index in [1.54, 1.807) is 0 Å². The van der Waals surface area contributed by atoms with E-state index in [9.17, 15) is 14.4 Å². The van der Waals surface area contributed by atoms with Gasteiger partial charge in [0.15, 0.2) is 0 Å². The van der Waals surface area contributed by atoms with Crippen molar-refractivity contribution in [3.05, 3.63) is 0 Å². The number of carbonyl (C=O) groups is 3. The first-order valence-corrected chi connectivity index (χ1v) is 9.68. The van der Waals surface area contributed by atoms with Crippen LogP contribution in [0.5, 0.6) is 0 Å². The molecule has 170 valence electrons. The van der Waals surface area contributed by atoms with Crippen LogP contribution in [0.25, 0.3) is 0 Å². The first kappa shape index (κ1) is 27.2. The van der Waals surface area contributed by atoms with Gasteiger partial charge >= 0.3 is 5.97 Å². The Morgan fingerprint density at radius 1 is 0.862 bits per heavy atom. The van der Waals surface area contributed by atoms with Gasteiger partial charge in [-0.25, -0.2) is 0 Å². The number of nitrogens with one attached hydrogen (secondary N) is 2. The van der Waals surface area contributed by atoms with E-state index in [0.29, 0.717) is 52.8 Å². The van der Waals surface area contributed by atoms with Gasteiger partial charge < -0.3 is 40.4 Å². The Labute approximate surface area is 171 Å². The van der Waals surface area contributed by atoms with Crippen LogP contribution in [0.4, 0.5) is 0 Å². The summed E-state index contributed by atoms with van der Waals surface area (Å²) < 4.78 is 21.0. The van der Waals surface area contributed by atoms with Crippen LogP contribution < -0.4 is 16.4 Å². The summed E-state index contributed by atoms with van der Waals surface area (Å²) in [5.41, 5.74) is 5.25. The first-order valence-electron chi connectivity index (χ1n) is 9.68. The number of nitrogens with two attached hydrogens (primary N) is 1. The van der Waals surface area contributed by atoms with Crippen molar-refractivity contribution in [2.75, 3.05) is 65.9 Å². The number of rotatable bonds is 19. The molecule has 0 radical (unpaired) electrons. The van der Waals surface area contributed by atoms with Crippen LogP contribution in [0, 0.1) is 5.92 Å². The second kappa shape index (κ2) is 18.3. The lowest BCUT2D eigenvalue weighted by Crippen LogP contribution is -2.51. The van der Waals surface area contributed by atoms with Gasteiger partial charge in [0, 0.05) is 6.54 Å². The molecule has 0 aliphatic heterocycles. The summed E-state index contributed by atoms with van der Waals surface area (Å²) in [5.74, 6) is -1.59. The van der Waals surface area contributed by atoms with Gasteiger partial charge in [-0.2, -0.15) is 0 Å². The zero-order chi connectivity index (χ0) is 21.9. The van der Waals surface area contributed by atoms with Crippen molar-refractivity contribution in [3.63, 3.8) is 0 Å². The Kier molecular flexibility index (Phi) is 17.1. The van der Waals surface area contributed by atoms with Crippen molar-refractivity contribution in [1.29, 1.82) is 0 Å². The smallest absolute Gasteiger partial charge is 0.305 e. The molecule has 5 N–H and O–H groups in total. The molecule has 0 aromatic rings. The number of hydrogen-bond acceptors (Lipinski definition) is 8. The molecule has 1 unspecified atom stereocenters. The lowest BCUT2D eigenvalue weighted by molar-refractivity contribution is -0.138. The van der Waals surface area contributed by atoms with Gasteiger partial charge in [0.05, 0.1) is 65.8 Å². The molecule has 0 aliphatic carbocycles. The highest BCUT2D eigenvalue weighted by atomic mass is 16.6. The molecule has 0 fully saturated rings. The molecule has 0 heterocycles. The van der Waals surface area contributed by atoms with Crippen LogP contribution in [0.15, 0.2) is 0 Å². The van der Waals surface area contributed by atoms with Crippen LogP contribution in [0.1, 0.15) is 20.3 Å². The fraction of sp³-hybridized carbons (Fsp3) is 0.833. The van der Waals surface area contributed by atoms with E-state index in [2.05, 4.69) is 10.6 Å². The summed E-state index contributed by atoms with van der Waals surface area (Å²) in [6, 6.07) is -0.628. The molecule has 2 amide bonds. The fourth-order valence-corrected chi connectivity index (χ4v) is 2.04. The molecule has 0 spiro atoms. The van der Waals surface area contributed by atoms with Crippen molar-refractivity contribution in [1.82, 2.24) is 10.6 Å². The number of hydrogen-bond donors (Lipinski definition) is 4. The standard InChI is InChI=1S/C18H35N3O8/c1-14(2)17(21-15(22)13-19)18(25)20-4-6-27-8-10-29-12-11-28-9-7-26-5-3-16(23)24/h14,17H,3-13,19H2,1-2H3,(H,20,25)(H,21,22)(H,23,24). The highest BCUT2D eigenvalue weighted by Gasteiger charge is 2.23. The van der Waals surface area contributed by atoms with E-state index < -0.39 is 12.0 Å². The minimum atomic E-state index is -0.889. The summed E-state index contributed by atoms with van der Waals surface area (Å²) >= 11 is 0. The summed E-state index contributed by atoms with van der Waals surface area (Å²) in [4.78, 5) is 33.7. The molecular weight excluding hydrogens is 386 g/mol. The van der Waals surface area contributed by atoms with E-state index >= 15 is 0 Å². The Hall–Kier alpha value is -1.79. The average molecular weight is 421 g/mol. The second-order valence-corrected chi connectivity index (χ2v) is 6.38. The number of carboxylic acids is 1. The van der Waals surface area contributed by atoms with Crippen molar-refractivity contribution < 1.29 is 38.4 Å². The Morgan fingerprint density at radius 3 is 1.79 bits per heavy atom. The number of carboxylic acid groups (broad SMARTS) is 1. The van der Waals surface area contributed by atoms with Crippen molar-refractivity contribution in [2.45, 2.75) is 26.3 Å². The van der Waals surface area contributed by atoms with Gasteiger partial charge in [-0.05, 0) is 5.92 Å². The predicted molar refractivity (Wildman–Crippen MR) is 104 cm³/mol. The lowest BCUT2D eigenvalue weighted by atomic mass is 10.0. The van der Waals surface area contributed by atoms with E-state index in [1.165, 1.54) is 0 Å². The van der Waals surface area contributed by atoms with Gasteiger partial charge in [-0.15, -0.1) is 0 Å². The molecule has 11 heteroatoms. The highest BCUT2D eigenvalue weighted by molar-refractivity contribution is 5.88. The molecule has 0 bridgehead atoms. The summed E-state index contributed by atoms with van der Waals surface area (Å²) in [7, 11) is 0. The first-order chi connectivity index (χ1) is 13.9. The van der Waals surface area contributed by atoms with Gasteiger partial charge in [0.1, 0.15) is 6.04 Å². The summed E-state index contributed by atoms with van der Waals surface area (Å²) in [6.45, 7) is 6.65. The molecule has 0 saturated heterocycles. The minimum absolute atomic E-state index is 0.0179. The lowest BCUT2D eigenvalue weighted by Gasteiger charge is -2.21. The second-order valence-electron chi connectivity index (χ2n) is 6.38. The van der Waals surface area contributed by atoms with Crippen LogP contribution in [-0.2, 0) is 33.3 Å². The third-order valence-corrected chi connectivity index (χ3v) is 3.57. The third-order valence-electron chi connectivity index (χ3n) is 3.57. The largest absolute Gasteiger partial charge is 0.481 e. The van der Waals surface area contributed by atoms with Crippen LogP contribution in [0.3, 0.4) is 0 Å². The molecule has 0 aromatic carbocycles. The van der Waals surface area contributed by atoms with E-state index in [1.807, 2.05) is 13.8 Å². The SMILES string of the molecule is CC(C)C(NC(=O)CN)C(=O)NCCOCCOCCOCCOCCC(=O)O. The molecule has 0 aliphatic rings. The minimum Gasteiger partial charge on any atom is -0.481 e. The molecular formula is C18H35N3O8. The summed E-state index contributed by atoms with van der Waals surface area (Å²) in [5, 5.41) is 13.7. The number of aliphatic carboxylic acids is 1. The van der Waals surface area contributed by atoms with Crippen molar-refractivity contribution in [2.24, 2.45) is 11.7 Å². The quantitative estimate of drug-likeness (QED) is 0.187. The Morgan fingerprint density at radius 2 is 1.34 bits per heavy atom. The maximum Gasteiger partial charge on any atom is 0.305 e. The van der Waals surface area contributed by atoms with E-state index in [4.69, 9.17) is 29.8 Å². The Balaban J connectivity index is 3.49. The molecule has 0 aromatic heterocycles. The maximum atomic E-state index is 12.1. The van der Waals surface area contributed by atoms with Gasteiger partial charge in [0.2, 0.25) is 11.8 Å². The summed E-state index contributed by atoms with van der Waals surface area (Å²) in [6.07, 6.45) is -0.0179. The average Bonchev–Trinajstić information content (AvgIpc) is 2.68. The number of amides is 2. The van der Waals surface area contributed by atoms with Crippen LogP contribution in [0.2, 0.25) is 0 Å². The Bertz CT molecular complexity index is 462. The van der Waals surface area contributed by atoms with Crippen LogP contribution >= 0.6 is 0 Å². The zero-order valence-corrected chi connectivity index (χ0v) is 17.3. The van der Waals surface area contributed by atoms with Gasteiger partial charge in [-0.1, -0.05) is 13.8 Å². The molecule has 0 saturated carbocycles. The van der Waals surface area contributed by atoms with Crippen molar-refractivity contribution in [3.8, 4) is 0 Å². The highest BCUT2D eigenvalue weighted by Crippen LogP contribution is 2.01. The molecule has 29 heavy (non-hydrogen) atoms. The van der Waals surface area contributed by atoms with Gasteiger partial charge in [-0.3, -0.25) is 14.4 Å². The molecule has 1 atom stereocenters. The van der Waals surface area contributed by atoms with Crippen LogP contribution in [-0.4, -0.2) is 94.9 Å². The van der Waals surface area contributed by atoms with E-state index in [0.717, 1.165) is 0 Å². The fourth-order valence-electron chi connectivity index (χ4n) is 2.04. The van der Waals surface area contributed by atoms with Crippen molar-refractivity contribution >= 4 is 17.8 Å². The molecule has 11 nitrogen and oxygen atoms in total. The molecule has 0 rings (SSSR count). The van der Waals surface area contributed by atoms with E-state index in [-0.39, 0.29) is 37.3 Å². The topological polar surface area (TPSA) is 158 Å². The monoisotopic (exact) mass is 421 g/mol. The zero-order valence-electron chi connectivity index (χ0n) is 17.3. The maximum absolute atomic E-state index is 12.1. The van der Waals surface area contributed by atoms with Gasteiger partial charge in [0.25, 0.3) is 0 Å². The third kappa shape index (κ3) is 16.8. The normalized spacial score (nSPS) is 12.0. The predicted octanol–water partition coefficient (Wildman–Crippen LogP) is -1.26. The number of carbonyl (C=O) groups excluding carboxylic acids is 2. The number of ether oxygens (including phenoxy) is 4.